The summed E-state index contributed by atoms with van der Waals surface area (Å²) < 4.78 is 5.18. The predicted octanol–water partition coefficient (Wildman–Crippen LogP) is -0.700. The topological polar surface area (TPSA) is 108 Å². The van der Waals surface area contributed by atoms with Crippen LogP contribution in [0.5, 0.6) is 0 Å². The number of carbonyl (C=O) groups excluding carboxylic acids is 1. The van der Waals surface area contributed by atoms with E-state index in [1.807, 2.05) is 6.92 Å². The molecule has 1 fully saturated rings. The van der Waals surface area contributed by atoms with Crippen LogP contribution in [0, 0.1) is 0 Å². The number of carbonyl (C=O) groups is 2. The lowest BCUT2D eigenvalue weighted by Gasteiger charge is -2.34. The SMILES string of the molecule is CC1(NC(=O)N[C@H](CO)C(=O)O)CCOCC1. The minimum atomic E-state index is -1.28. The molecule has 0 aromatic heterocycles. The highest BCUT2D eigenvalue weighted by Crippen LogP contribution is 2.19. The van der Waals surface area contributed by atoms with Crippen LogP contribution in [0.2, 0.25) is 0 Å². The molecule has 0 radical (unpaired) electrons. The summed E-state index contributed by atoms with van der Waals surface area (Å²) in [5.41, 5.74) is -0.388. The standard InChI is InChI=1S/C10H18N2O5/c1-10(2-4-17-5-3-10)12-9(16)11-7(6-13)8(14)15/h7,13H,2-6H2,1H3,(H,14,15)(H2,11,12,16)/t7-/m1/s1. The Labute approximate surface area is 99.1 Å². The lowest BCUT2D eigenvalue weighted by molar-refractivity contribution is -0.140. The van der Waals surface area contributed by atoms with E-state index in [2.05, 4.69) is 10.6 Å². The highest BCUT2D eigenvalue weighted by Gasteiger charge is 2.30. The number of carboxylic acid groups (broad SMARTS) is 1. The maximum atomic E-state index is 11.6. The fourth-order valence-corrected chi connectivity index (χ4v) is 1.60. The number of ether oxygens (including phenoxy) is 1. The van der Waals surface area contributed by atoms with Gasteiger partial charge in [0.2, 0.25) is 0 Å². The minimum absolute atomic E-state index is 0.388. The van der Waals surface area contributed by atoms with Gasteiger partial charge in [-0.3, -0.25) is 0 Å². The summed E-state index contributed by atoms with van der Waals surface area (Å²) in [4.78, 5) is 22.2. The molecule has 2 amide bonds. The van der Waals surface area contributed by atoms with Crippen molar-refractivity contribution in [2.45, 2.75) is 31.3 Å². The summed E-state index contributed by atoms with van der Waals surface area (Å²) in [5, 5.41) is 22.4. The van der Waals surface area contributed by atoms with Crippen molar-refractivity contribution in [2.75, 3.05) is 19.8 Å². The predicted molar refractivity (Wildman–Crippen MR) is 58.6 cm³/mol. The summed E-state index contributed by atoms with van der Waals surface area (Å²) in [7, 11) is 0. The van der Waals surface area contributed by atoms with Crippen LogP contribution < -0.4 is 10.6 Å². The third-order valence-electron chi connectivity index (χ3n) is 2.80. The minimum Gasteiger partial charge on any atom is -0.480 e. The third kappa shape index (κ3) is 4.20. The Morgan fingerprint density at radius 1 is 1.41 bits per heavy atom. The van der Waals surface area contributed by atoms with Gasteiger partial charge in [0.25, 0.3) is 0 Å². The molecule has 1 heterocycles. The van der Waals surface area contributed by atoms with Gasteiger partial charge in [0.05, 0.1) is 6.61 Å². The average molecular weight is 246 g/mol. The highest BCUT2D eigenvalue weighted by molar-refractivity contribution is 5.82. The van der Waals surface area contributed by atoms with Crippen LogP contribution in [-0.4, -0.2) is 53.6 Å². The molecule has 0 aromatic rings. The number of nitrogens with one attached hydrogen (secondary N) is 2. The van der Waals surface area contributed by atoms with Crippen LogP contribution in [0.4, 0.5) is 4.79 Å². The van der Waals surface area contributed by atoms with E-state index in [4.69, 9.17) is 14.9 Å². The maximum absolute atomic E-state index is 11.6. The van der Waals surface area contributed by atoms with E-state index in [0.717, 1.165) is 0 Å². The Kier molecular flexibility index (Phi) is 4.71. The number of rotatable bonds is 4. The van der Waals surface area contributed by atoms with Crippen molar-refractivity contribution in [1.82, 2.24) is 10.6 Å². The largest absolute Gasteiger partial charge is 0.480 e. The number of amides is 2. The molecule has 0 aromatic carbocycles. The van der Waals surface area contributed by atoms with Gasteiger partial charge in [-0.05, 0) is 19.8 Å². The zero-order chi connectivity index (χ0) is 12.9. The van der Waals surface area contributed by atoms with Gasteiger partial charge in [0, 0.05) is 18.8 Å². The van der Waals surface area contributed by atoms with E-state index in [-0.39, 0.29) is 5.54 Å². The molecule has 0 saturated carbocycles. The second-order valence-electron chi connectivity index (χ2n) is 4.34. The molecule has 1 atom stereocenters. The van der Waals surface area contributed by atoms with Gasteiger partial charge >= 0.3 is 12.0 Å². The number of aliphatic hydroxyl groups excluding tert-OH is 1. The van der Waals surface area contributed by atoms with E-state index in [1.165, 1.54) is 0 Å². The first-order valence-corrected chi connectivity index (χ1v) is 5.47. The molecule has 1 aliphatic rings. The molecular formula is C10H18N2O5. The first-order chi connectivity index (χ1) is 7.97. The van der Waals surface area contributed by atoms with Crippen LogP contribution in [-0.2, 0) is 9.53 Å². The van der Waals surface area contributed by atoms with Gasteiger partial charge in [-0.15, -0.1) is 0 Å². The molecule has 4 N–H and O–H groups in total. The lowest BCUT2D eigenvalue weighted by atomic mass is 9.93. The fraction of sp³-hybridized carbons (Fsp3) is 0.800. The molecule has 1 aliphatic heterocycles. The van der Waals surface area contributed by atoms with Crippen molar-refractivity contribution in [3.63, 3.8) is 0 Å². The Morgan fingerprint density at radius 2 is 2.00 bits per heavy atom. The zero-order valence-corrected chi connectivity index (χ0v) is 9.73. The average Bonchev–Trinajstić information content (AvgIpc) is 2.25. The summed E-state index contributed by atoms with van der Waals surface area (Å²) in [5.74, 6) is -1.26. The number of hydrogen-bond acceptors (Lipinski definition) is 4. The number of urea groups is 1. The van der Waals surface area contributed by atoms with Crippen LogP contribution in [0.3, 0.4) is 0 Å². The molecule has 7 nitrogen and oxygen atoms in total. The third-order valence-corrected chi connectivity index (χ3v) is 2.80. The molecular weight excluding hydrogens is 228 g/mol. The van der Waals surface area contributed by atoms with E-state index in [9.17, 15) is 9.59 Å². The highest BCUT2D eigenvalue weighted by atomic mass is 16.5. The van der Waals surface area contributed by atoms with Crippen molar-refractivity contribution in [3.05, 3.63) is 0 Å². The van der Waals surface area contributed by atoms with Crippen LogP contribution >= 0.6 is 0 Å². The molecule has 7 heteroatoms. The van der Waals surface area contributed by atoms with E-state index in [0.29, 0.717) is 26.1 Å². The molecule has 0 aliphatic carbocycles. The fourth-order valence-electron chi connectivity index (χ4n) is 1.60. The number of aliphatic hydroxyl groups is 1. The van der Waals surface area contributed by atoms with Crippen molar-refractivity contribution in [2.24, 2.45) is 0 Å². The Hall–Kier alpha value is -1.34. The number of aliphatic carboxylic acids is 1. The smallest absolute Gasteiger partial charge is 0.328 e. The second kappa shape index (κ2) is 5.83. The monoisotopic (exact) mass is 246 g/mol. The molecule has 1 saturated heterocycles. The zero-order valence-electron chi connectivity index (χ0n) is 9.73. The van der Waals surface area contributed by atoms with Crippen LogP contribution in [0.1, 0.15) is 19.8 Å². The van der Waals surface area contributed by atoms with Crippen LogP contribution in [0.25, 0.3) is 0 Å². The first kappa shape index (κ1) is 13.7. The van der Waals surface area contributed by atoms with Gasteiger partial charge in [0.15, 0.2) is 6.04 Å². The Morgan fingerprint density at radius 3 is 2.47 bits per heavy atom. The van der Waals surface area contributed by atoms with Gasteiger partial charge in [-0.1, -0.05) is 0 Å². The molecule has 1 rings (SSSR count). The maximum Gasteiger partial charge on any atom is 0.328 e. The van der Waals surface area contributed by atoms with Crippen LogP contribution in [0.15, 0.2) is 0 Å². The van der Waals surface area contributed by atoms with Crippen molar-refractivity contribution < 1.29 is 24.5 Å². The van der Waals surface area contributed by atoms with E-state index in [1.54, 1.807) is 0 Å². The summed E-state index contributed by atoms with van der Waals surface area (Å²) in [6.45, 7) is 2.38. The molecule has 98 valence electrons. The number of carboxylic acids is 1. The van der Waals surface area contributed by atoms with Gasteiger partial charge in [0.1, 0.15) is 0 Å². The quantitative estimate of drug-likeness (QED) is 0.524. The molecule has 0 unspecified atom stereocenters. The second-order valence-corrected chi connectivity index (χ2v) is 4.34. The molecule has 0 bridgehead atoms. The lowest BCUT2D eigenvalue weighted by Crippen LogP contribution is -2.56. The Balaban J connectivity index is 2.45. The number of hydrogen-bond donors (Lipinski definition) is 4. The van der Waals surface area contributed by atoms with Crippen molar-refractivity contribution >= 4 is 12.0 Å². The normalized spacial score (nSPS) is 20.4. The Bertz CT molecular complexity index is 288. The summed E-state index contributed by atoms with van der Waals surface area (Å²) >= 11 is 0. The molecule has 17 heavy (non-hydrogen) atoms. The van der Waals surface area contributed by atoms with Crippen molar-refractivity contribution in [3.8, 4) is 0 Å². The van der Waals surface area contributed by atoms with Gasteiger partial charge in [-0.2, -0.15) is 0 Å². The van der Waals surface area contributed by atoms with Gasteiger partial charge < -0.3 is 25.6 Å². The van der Waals surface area contributed by atoms with E-state index >= 15 is 0 Å². The summed E-state index contributed by atoms with van der Waals surface area (Å²) in [6, 6.07) is -1.87. The first-order valence-electron chi connectivity index (χ1n) is 5.47. The molecule has 0 spiro atoms. The van der Waals surface area contributed by atoms with Crippen molar-refractivity contribution in [1.29, 1.82) is 0 Å². The van der Waals surface area contributed by atoms with E-state index < -0.39 is 24.6 Å². The summed E-state index contributed by atoms with van der Waals surface area (Å²) in [6.07, 6.45) is 1.36. The van der Waals surface area contributed by atoms with Gasteiger partial charge in [-0.25, -0.2) is 9.59 Å².